The Morgan fingerprint density at radius 2 is 2.31 bits per heavy atom. The van der Waals surface area contributed by atoms with Gasteiger partial charge in [0.25, 0.3) is 0 Å². The fourth-order valence-corrected chi connectivity index (χ4v) is 1.88. The van der Waals surface area contributed by atoms with Crippen molar-refractivity contribution in [1.29, 1.82) is 0 Å². The predicted octanol–water partition coefficient (Wildman–Crippen LogP) is 2.55. The van der Waals surface area contributed by atoms with Crippen LogP contribution < -0.4 is 11.1 Å². The fourth-order valence-electron chi connectivity index (χ4n) is 1.70. The predicted molar refractivity (Wildman–Crippen MR) is 56.1 cm³/mol. The number of nitrogens with two attached hydrogens (primary N) is 1. The van der Waals surface area contributed by atoms with Gasteiger partial charge in [-0.1, -0.05) is 11.6 Å². The van der Waals surface area contributed by atoms with Crippen LogP contribution in [0.2, 0.25) is 5.02 Å². The molecule has 1 heterocycles. The topological polar surface area (TPSA) is 38.0 Å². The van der Waals surface area contributed by atoms with Crippen molar-refractivity contribution in [2.45, 2.75) is 18.9 Å². The summed E-state index contributed by atoms with van der Waals surface area (Å²) < 4.78 is 0. The maximum atomic E-state index is 6.02. The molecular formula is C10H13ClN2. The van der Waals surface area contributed by atoms with Gasteiger partial charge in [-0.25, -0.2) is 0 Å². The minimum atomic E-state index is 0.128. The van der Waals surface area contributed by atoms with E-state index in [1.54, 1.807) is 0 Å². The Bertz CT molecular complexity index is 312. The van der Waals surface area contributed by atoms with E-state index in [0.717, 1.165) is 35.7 Å². The molecule has 0 bridgehead atoms. The maximum absolute atomic E-state index is 6.02. The summed E-state index contributed by atoms with van der Waals surface area (Å²) >= 11 is 5.91. The molecule has 0 spiro atoms. The van der Waals surface area contributed by atoms with Crippen LogP contribution in [0.4, 0.5) is 5.69 Å². The van der Waals surface area contributed by atoms with Crippen LogP contribution in [0.3, 0.4) is 0 Å². The lowest BCUT2D eigenvalue weighted by molar-refractivity contribution is 0.642. The van der Waals surface area contributed by atoms with Crippen molar-refractivity contribution in [2.24, 2.45) is 5.73 Å². The molecule has 1 aromatic carbocycles. The van der Waals surface area contributed by atoms with Crippen molar-refractivity contribution in [3.8, 4) is 0 Å². The number of rotatable bonds is 0. The summed E-state index contributed by atoms with van der Waals surface area (Å²) in [5.41, 5.74) is 8.29. The quantitative estimate of drug-likeness (QED) is 0.670. The number of fused-ring (bicyclic) bond motifs is 1. The number of anilines is 1. The second kappa shape index (κ2) is 3.56. The molecule has 13 heavy (non-hydrogen) atoms. The molecule has 2 nitrogen and oxygen atoms in total. The summed E-state index contributed by atoms with van der Waals surface area (Å²) in [4.78, 5) is 0. The van der Waals surface area contributed by atoms with E-state index >= 15 is 0 Å². The highest BCUT2D eigenvalue weighted by Gasteiger charge is 2.14. The van der Waals surface area contributed by atoms with Crippen molar-refractivity contribution in [3.05, 3.63) is 28.8 Å². The van der Waals surface area contributed by atoms with Gasteiger partial charge in [0, 0.05) is 23.3 Å². The summed E-state index contributed by atoms with van der Waals surface area (Å²) in [6.45, 7) is 1.00. The molecule has 0 fully saturated rings. The Kier molecular flexibility index (Phi) is 2.42. The average molecular weight is 197 g/mol. The monoisotopic (exact) mass is 196 g/mol. The Labute approximate surface area is 83.1 Å². The zero-order chi connectivity index (χ0) is 9.26. The number of hydrogen-bond acceptors (Lipinski definition) is 2. The minimum absolute atomic E-state index is 0.128. The molecule has 1 aromatic rings. The van der Waals surface area contributed by atoms with E-state index in [0.29, 0.717) is 0 Å². The highest BCUT2D eigenvalue weighted by atomic mass is 35.5. The van der Waals surface area contributed by atoms with Crippen molar-refractivity contribution < 1.29 is 0 Å². The van der Waals surface area contributed by atoms with Crippen LogP contribution in [0.25, 0.3) is 0 Å². The van der Waals surface area contributed by atoms with Crippen LogP contribution in [0.1, 0.15) is 24.4 Å². The molecule has 1 aliphatic rings. The van der Waals surface area contributed by atoms with Crippen LogP contribution in [0.5, 0.6) is 0 Å². The van der Waals surface area contributed by atoms with E-state index in [2.05, 4.69) is 5.32 Å². The maximum Gasteiger partial charge on any atom is 0.0410 e. The smallest absolute Gasteiger partial charge is 0.0410 e. The number of halogens is 1. The third-order valence-electron chi connectivity index (χ3n) is 2.42. The molecule has 0 saturated carbocycles. The van der Waals surface area contributed by atoms with E-state index < -0.39 is 0 Å². The van der Waals surface area contributed by atoms with Crippen LogP contribution in [-0.2, 0) is 0 Å². The first-order valence-electron chi connectivity index (χ1n) is 4.56. The highest BCUT2D eigenvalue weighted by Crippen LogP contribution is 2.29. The molecule has 1 unspecified atom stereocenters. The summed E-state index contributed by atoms with van der Waals surface area (Å²) in [6.07, 6.45) is 2.15. The number of hydrogen-bond donors (Lipinski definition) is 2. The average Bonchev–Trinajstić information content (AvgIpc) is 2.29. The van der Waals surface area contributed by atoms with Gasteiger partial charge in [0.2, 0.25) is 0 Å². The normalized spacial score (nSPS) is 21.5. The summed E-state index contributed by atoms with van der Waals surface area (Å²) in [5.74, 6) is 0. The second-order valence-electron chi connectivity index (χ2n) is 3.41. The molecule has 70 valence electrons. The Hall–Kier alpha value is -0.730. The summed E-state index contributed by atoms with van der Waals surface area (Å²) in [6, 6.07) is 5.98. The lowest BCUT2D eigenvalue weighted by atomic mass is 10.0. The van der Waals surface area contributed by atoms with Gasteiger partial charge < -0.3 is 11.1 Å². The largest absolute Gasteiger partial charge is 0.385 e. The Morgan fingerprint density at radius 3 is 3.15 bits per heavy atom. The first-order chi connectivity index (χ1) is 6.27. The molecule has 3 heteroatoms. The molecule has 2 rings (SSSR count). The first-order valence-corrected chi connectivity index (χ1v) is 4.94. The zero-order valence-corrected chi connectivity index (χ0v) is 8.14. The van der Waals surface area contributed by atoms with Crippen molar-refractivity contribution >= 4 is 17.3 Å². The summed E-state index contributed by atoms with van der Waals surface area (Å²) in [7, 11) is 0. The third kappa shape index (κ3) is 1.79. The van der Waals surface area contributed by atoms with Crippen molar-refractivity contribution in [3.63, 3.8) is 0 Å². The van der Waals surface area contributed by atoms with E-state index in [4.69, 9.17) is 17.3 Å². The Morgan fingerprint density at radius 1 is 1.46 bits per heavy atom. The van der Waals surface area contributed by atoms with E-state index in [-0.39, 0.29) is 6.04 Å². The molecule has 0 aliphatic carbocycles. The van der Waals surface area contributed by atoms with Crippen LogP contribution in [0, 0.1) is 0 Å². The van der Waals surface area contributed by atoms with Gasteiger partial charge in [-0.15, -0.1) is 0 Å². The lowest BCUT2D eigenvalue weighted by Gasteiger charge is -2.12. The molecule has 3 N–H and O–H groups in total. The van der Waals surface area contributed by atoms with Gasteiger partial charge in [-0.3, -0.25) is 0 Å². The van der Waals surface area contributed by atoms with E-state index in [1.807, 2.05) is 18.2 Å². The standard InChI is InChI=1S/C10H13ClN2/c11-7-3-4-10-8(6-7)9(12)2-1-5-13-10/h3-4,6,9,13H,1-2,5,12H2. The van der Waals surface area contributed by atoms with Gasteiger partial charge in [-0.05, 0) is 36.6 Å². The van der Waals surface area contributed by atoms with E-state index in [9.17, 15) is 0 Å². The third-order valence-corrected chi connectivity index (χ3v) is 2.66. The molecule has 1 aliphatic heterocycles. The second-order valence-corrected chi connectivity index (χ2v) is 3.84. The van der Waals surface area contributed by atoms with Gasteiger partial charge in [-0.2, -0.15) is 0 Å². The number of nitrogens with one attached hydrogen (secondary N) is 1. The number of benzene rings is 1. The molecule has 0 aromatic heterocycles. The fraction of sp³-hybridized carbons (Fsp3) is 0.400. The van der Waals surface area contributed by atoms with Crippen LogP contribution in [-0.4, -0.2) is 6.54 Å². The van der Waals surface area contributed by atoms with Crippen LogP contribution >= 0.6 is 11.6 Å². The molecular weight excluding hydrogens is 184 g/mol. The molecule has 0 radical (unpaired) electrons. The minimum Gasteiger partial charge on any atom is -0.385 e. The first kappa shape index (κ1) is 8.85. The molecule has 0 amide bonds. The zero-order valence-electron chi connectivity index (χ0n) is 7.39. The van der Waals surface area contributed by atoms with Gasteiger partial charge in [0.1, 0.15) is 0 Å². The van der Waals surface area contributed by atoms with E-state index in [1.165, 1.54) is 0 Å². The summed E-state index contributed by atoms with van der Waals surface area (Å²) in [5, 5.41) is 4.11. The van der Waals surface area contributed by atoms with Crippen molar-refractivity contribution in [2.75, 3.05) is 11.9 Å². The van der Waals surface area contributed by atoms with Gasteiger partial charge in [0.15, 0.2) is 0 Å². The van der Waals surface area contributed by atoms with Crippen molar-refractivity contribution in [1.82, 2.24) is 0 Å². The van der Waals surface area contributed by atoms with Gasteiger partial charge >= 0.3 is 0 Å². The molecule has 0 saturated heterocycles. The highest BCUT2D eigenvalue weighted by molar-refractivity contribution is 6.30. The SMILES string of the molecule is NC1CCCNc2ccc(Cl)cc21. The molecule has 1 atom stereocenters. The Balaban J connectivity index is 2.43. The van der Waals surface area contributed by atoms with Gasteiger partial charge in [0.05, 0.1) is 0 Å². The van der Waals surface area contributed by atoms with Crippen LogP contribution in [0.15, 0.2) is 18.2 Å². The lowest BCUT2D eigenvalue weighted by Crippen LogP contribution is -2.09.